The van der Waals surface area contributed by atoms with Crippen LogP contribution in [0.3, 0.4) is 0 Å². The van der Waals surface area contributed by atoms with E-state index in [1.807, 2.05) is 53.1 Å². The highest BCUT2D eigenvalue weighted by Crippen LogP contribution is 2.24. The number of aryl methyl sites for hydroxylation is 1. The second-order valence-electron chi connectivity index (χ2n) is 6.77. The van der Waals surface area contributed by atoms with Crippen LogP contribution in [0.2, 0.25) is 0 Å². The second kappa shape index (κ2) is 9.72. The van der Waals surface area contributed by atoms with E-state index >= 15 is 0 Å². The summed E-state index contributed by atoms with van der Waals surface area (Å²) in [5, 5.41) is 0. The summed E-state index contributed by atoms with van der Waals surface area (Å²) in [5.41, 5.74) is 1.18. The van der Waals surface area contributed by atoms with Crippen molar-refractivity contribution in [3.05, 3.63) is 54.0 Å². The van der Waals surface area contributed by atoms with Gasteiger partial charge in [0, 0.05) is 19.5 Å². The molecule has 26 heavy (non-hydrogen) atoms. The number of rotatable bonds is 8. The fraction of sp³-hybridized carbons (Fsp3) is 0.476. The molecule has 0 spiro atoms. The predicted molar refractivity (Wildman–Crippen MR) is 105 cm³/mol. The summed E-state index contributed by atoms with van der Waals surface area (Å²) in [6, 6.07) is 11.9. The first kappa shape index (κ1) is 18.9. The summed E-state index contributed by atoms with van der Waals surface area (Å²) in [7, 11) is 1.66. The van der Waals surface area contributed by atoms with E-state index in [0.29, 0.717) is 12.3 Å². The van der Waals surface area contributed by atoms with Crippen LogP contribution in [-0.4, -0.2) is 36.8 Å². The third-order valence-corrected chi connectivity index (χ3v) is 6.13. The quantitative estimate of drug-likeness (QED) is 0.688. The molecule has 0 radical (unpaired) electrons. The molecular formula is C21H27NO3S. The summed E-state index contributed by atoms with van der Waals surface area (Å²) in [5.74, 6) is 4.97. The minimum atomic E-state index is 0.280. The van der Waals surface area contributed by atoms with Crippen LogP contribution in [0.25, 0.3) is 0 Å². The van der Waals surface area contributed by atoms with Crippen LogP contribution < -0.4 is 4.74 Å². The highest BCUT2D eigenvalue weighted by atomic mass is 32.2. The summed E-state index contributed by atoms with van der Waals surface area (Å²) >= 11 is 1.93. The van der Waals surface area contributed by atoms with E-state index in [4.69, 9.17) is 9.15 Å². The van der Waals surface area contributed by atoms with E-state index in [2.05, 4.69) is 0 Å². The molecule has 1 saturated heterocycles. The number of nitrogens with zero attached hydrogens (tertiary/aromatic N) is 1. The lowest BCUT2D eigenvalue weighted by atomic mass is 9.98. The second-order valence-corrected chi connectivity index (χ2v) is 7.80. The van der Waals surface area contributed by atoms with Crippen LogP contribution in [-0.2, 0) is 17.0 Å². The Morgan fingerprint density at radius 1 is 1.23 bits per heavy atom. The molecule has 0 aliphatic carbocycles. The molecule has 2 heterocycles. The van der Waals surface area contributed by atoms with Gasteiger partial charge in [0.25, 0.3) is 0 Å². The number of benzene rings is 1. The van der Waals surface area contributed by atoms with Crippen LogP contribution >= 0.6 is 11.8 Å². The maximum absolute atomic E-state index is 12.5. The molecule has 0 N–H and O–H groups in total. The molecule has 5 heteroatoms. The normalized spacial score (nSPS) is 15.2. The van der Waals surface area contributed by atoms with Gasteiger partial charge >= 0.3 is 0 Å². The Balaban J connectivity index is 1.33. The molecule has 4 nitrogen and oxygen atoms in total. The van der Waals surface area contributed by atoms with Crippen LogP contribution in [0.15, 0.2) is 47.1 Å². The van der Waals surface area contributed by atoms with E-state index in [0.717, 1.165) is 55.4 Å². The van der Waals surface area contributed by atoms with Crippen molar-refractivity contribution in [3.63, 3.8) is 0 Å². The molecular weight excluding hydrogens is 346 g/mol. The Morgan fingerprint density at radius 3 is 2.65 bits per heavy atom. The third-order valence-electron chi connectivity index (χ3n) is 4.93. The largest absolute Gasteiger partial charge is 0.497 e. The SMILES string of the molecule is COc1ccc(CCC(=O)N2CCC(CSCc3ccco3)CC2)cc1. The van der Waals surface area contributed by atoms with Gasteiger partial charge in [-0.05, 0) is 60.8 Å². The molecule has 0 bridgehead atoms. The van der Waals surface area contributed by atoms with Crippen molar-refractivity contribution < 1.29 is 13.9 Å². The zero-order chi connectivity index (χ0) is 18.2. The number of carbonyl (C=O) groups excluding carboxylic acids is 1. The molecule has 1 aliphatic heterocycles. The van der Waals surface area contributed by atoms with Crippen molar-refractivity contribution in [2.75, 3.05) is 26.0 Å². The average Bonchev–Trinajstić information content (AvgIpc) is 3.20. The maximum atomic E-state index is 12.5. The number of hydrogen-bond donors (Lipinski definition) is 0. The number of piperidine rings is 1. The third kappa shape index (κ3) is 5.56. The van der Waals surface area contributed by atoms with Gasteiger partial charge in [-0.1, -0.05) is 12.1 Å². The first-order chi connectivity index (χ1) is 12.7. The van der Waals surface area contributed by atoms with E-state index in [-0.39, 0.29) is 5.91 Å². The van der Waals surface area contributed by atoms with E-state index in [1.165, 1.54) is 5.56 Å². The van der Waals surface area contributed by atoms with E-state index in [9.17, 15) is 4.79 Å². The minimum Gasteiger partial charge on any atom is -0.497 e. The van der Waals surface area contributed by atoms with Crippen molar-refractivity contribution in [2.24, 2.45) is 5.92 Å². The number of thioether (sulfide) groups is 1. The Labute approximate surface area is 159 Å². The lowest BCUT2D eigenvalue weighted by Gasteiger charge is -2.32. The first-order valence-corrected chi connectivity index (χ1v) is 10.4. The van der Waals surface area contributed by atoms with Crippen molar-refractivity contribution in [3.8, 4) is 5.75 Å². The van der Waals surface area contributed by atoms with Crippen LogP contribution in [0, 0.1) is 5.92 Å². The Hall–Kier alpha value is -1.88. The topological polar surface area (TPSA) is 42.7 Å². The summed E-state index contributed by atoms with van der Waals surface area (Å²) in [4.78, 5) is 14.5. The molecule has 1 amide bonds. The van der Waals surface area contributed by atoms with Gasteiger partial charge in [-0.3, -0.25) is 4.79 Å². The maximum Gasteiger partial charge on any atom is 0.222 e. The summed E-state index contributed by atoms with van der Waals surface area (Å²) in [6.07, 6.45) is 5.33. The standard InChI is InChI=1S/C21H27NO3S/c1-24-19-7-4-17(5-8-19)6-9-21(23)22-12-10-18(11-13-22)15-26-16-20-3-2-14-25-20/h2-5,7-8,14,18H,6,9-13,15-16H2,1H3. The van der Waals surface area contributed by atoms with Crippen molar-refractivity contribution in [1.29, 1.82) is 0 Å². The van der Waals surface area contributed by atoms with Crippen LogP contribution in [0.5, 0.6) is 5.75 Å². The monoisotopic (exact) mass is 373 g/mol. The number of methoxy groups -OCH3 is 1. The number of ether oxygens (including phenoxy) is 1. The van der Waals surface area contributed by atoms with Gasteiger partial charge in [-0.15, -0.1) is 0 Å². The van der Waals surface area contributed by atoms with Gasteiger partial charge in [-0.25, -0.2) is 0 Å². The van der Waals surface area contributed by atoms with Crippen molar-refractivity contribution >= 4 is 17.7 Å². The van der Waals surface area contributed by atoms with E-state index in [1.54, 1.807) is 13.4 Å². The number of likely N-dealkylation sites (tertiary alicyclic amines) is 1. The highest BCUT2D eigenvalue weighted by molar-refractivity contribution is 7.98. The smallest absolute Gasteiger partial charge is 0.222 e. The molecule has 1 aromatic carbocycles. The van der Waals surface area contributed by atoms with Gasteiger partial charge in [0.1, 0.15) is 11.5 Å². The fourth-order valence-electron chi connectivity index (χ4n) is 3.27. The zero-order valence-electron chi connectivity index (χ0n) is 15.4. The molecule has 0 atom stereocenters. The fourth-order valence-corrected chi connectivity index (χ4v) is 4.42. The Morgan fingerprint density at radius 2 is 2.00 bits per heavy atom. The van der Waals surface area contributed by atoms with Gasteiger partial charge < -0.3 is 14.1 Å². The van der Waals surface area contributed by atoms with Crippen LogP contribution in [0.4, 0.5) is 0 Å². The van der Waals surface area contributed by atoms with E-state index < -0.39 is 0 Å². The Kier molecular flexibility index (Phi) is 7.06. The van der Waals surface area contributed by atoms with Crippen molar-refractivity contribution in [2.45, 2.75) is 31.4 Å². The van der Waals surface area contributed by atoms with Crippen LogP contribution in [0.1, 0.15) is 30.6 Å². The summed E-state index contributed by atoms with van der Waals surface area (Å²) in [6.45, 7) is 1.79. The number of furan rings is 1. The molecule has 0 saturated carbocycles. The number of amides is 1. The van der Waals surface area contributed by atoms with Gasteiger partial charge in [0.2, 0.25) is 5.91 Å². The van der Waals surface area contributed by atoms with Gasteiger partial charge in [0.15, 0.2) is 0 Å². The molecule has 1 aliphatic rings. The molecule has 1 aromatic heterocycles. The average molecular weight is 374 g/mol. The number of carbonyl (C=O) groups is 1. The number of hydrogen-bond acceptors (Lipinski definition) is 4. The minimum absolute atomic E-state index is 0.280. The van der Waals surface area contributed by atoms with Gasteiger partial charge in [-0.2, -0.15) is 11.8 Å². The molecule has 140 valence electrons. The molecule has 3 rings (SSSR count). The highest BCUT2D eigenvalue weighted by Gasteiger charge is 2.22. The Bertz CT molecular complexity index is 661. The molecule has 1 fully saturated rings. The first-order valence-electron chi connectivity index (χ1n) is 9.25. The van der Waals surface area contributed by atoms with Gasteiger partial charge in [0.05, 0.1) is 19.1 Å². The zero-order valence-corrected chi connectivity index (χ0v) is 16.2. The summed E-state index contributed by atoms with van der Waals surface area (Å²) < 4.78 is 10.5. The molecule has 0 unspecified atom stereocenters. The van der Waals surface area contributed by atoms with Crippen molar-refractivity contribution in [1.82, 2.24) is 4.90 Å². The predicted octanol–water partition coefficient (Wildman–Crippen LogP) is 4.39. The molecule has 2 aromatic rings. The lowest BCUT2D eigenvalue weighted by Crippen LogP contribution is -2.39. The lowest BCUT2D eigenvalue weighted by molar-refractivity contribution is -0.132.